The number of anilines is 1. The summed E-state index contributed by atoms with van der Waals surface area (Å²) in [6, 6.07) is 19.6. The molecule has 3 aromatic carbocycles. The molecule has 2 N–H and O–H groups in total. The number of carbonyl (C=O) groups excluding carboxylic acids is 2. The van der Waals surface area contributed by atoms with Crippen LogP contribution in [0.5, 0.6) is 0 Å². The number of hydrogen-bond acceptors (Lipinski definition) is 4. The van der Waals surface area contributed by atoms with Gasteiger partial charge in [0, 0.05) is 19.1 Å². The van der Waals surface area contributed by atoms with Crippen molar-refractivity contribution in [1.29, 1.82) is 5.41 Å². The first-order chi connectivity index (χ1) is 17.9. The smallest absolute Gasteiger partial charge is 0.306 e. The van der Waals surface area contributed by atoms with Gasteiger partial charge in [0.15, 0.2) is 5.84 Å². The van der Waals surface area contributed by atoms with Crippen molar-refractivity contribution in [3.05, 3.63) is 89.5 Å². The Morgan fingerprint density at radius 1 is 1.19 bits per heavy atom. The minimum Gasteiger partial charge on any atom is -0.306 e. The number of aliphatic imine (C=N–C) groups is 2. The molecule has 4 rings (SSSR count). The fourth-order valence-electron chi connectivity index (χ4n) is 3.51. The lowest BCUT2D eigenvalue weighted by Gasteiger charge is -2.10. The molecule has 1 aliphatic rings. The molecule has 7 heteroatoms. The van der Waals surface area contributed by atoms with Gasteiger partial charge in [-0.1, -0.05) is 78.7 Å². The maximum atomic E-state index is 12.2. The first-order valence-corrected chi connectivity index (χ1v) is 12.7. The molecule has 37 heavy (non-hydrogen) atoms. The molecule has 0 fully saturated rings. The number of terminal acetylenes is 1. The zero-order valence-corrected chi connectivity index (χ0v) is 21.6. The SMILES string of the molecule is C#CC=NC(=N)c1ccc(NC(=O)/N=C2/C=CCC(=O)CS2)c(CC)c1.Cc1ccc2ccccc2c1.[HH]. The molecule has 6 nitrogen and oxygen atoms in total. The largest absolute Gasteiger partial charge is 0.346 e. The van der Waals surface area contributed by atoms with E-state index in [1.54, 1.807) is 30.4 Å². The van der Waals surface area contributed by atoms with Gasteiger partial charge in [-0.2, -0.15) is 4.99 Å². The van der Waals surface area contributed by atoms with Gasteiger partial charge in [0.25, 0.3) is 0 Å². The maximum Gasteiger partial charge on any atom is 0.346 e. The second kappa shape index (κ2) is 13.7. The van der Waals surface area contributed by atoms with E-state index in [0.29, 0.717) is 34.9 Å². The van der Waals surface area contributed by atoms with Gasteiger partial charge in [-0.25, -0.2) is 9.79 Å². The van der Waals surface area contributed by atoms with Crippen molar-refractivity contribution in [3.63, 3.8) is 0 Å². The highest BCUT2D eigenvalue weighted by Crippen LogP contribution is 2.20. The number of nitrogens with zero attached hydrogens (tertiary/aromatic N) is 2. The molecule has 0 aromatic heterocycles. The van der Waals surface area contributed by atoms with Crippen LogP contribution in [0.15, 0.2) is 82.8 Å². The molecule has 0 aliphatic carbocycles. The van der Waals surface area contributed by atoms with E-state index in [-0.39, 0.29) is 13.0 Å². The summed E-state index contributed by atoms with van der Waals surface area (Å²) in [7, 11) is 0. The van der Waals surface area contributed by atoms with Crippen LogP contribution in [0, 0.1) is 24.7 Å². The highest BCUT2D eigenvalue weighted by Gasteiger charge is 2.11. The molecule has 1 heterocycles. The number of aryl methyl sites for hydroxylation is 2. The van der Waals surface area contributed by atoms with Gasteiger partial charge in [0.05, 0.1) is 12.0 Å². The van der Waals surface area contributed by atoms with Crippen LogP contribution in [0.3, 0.4) is 0 Å². The lowest BCUT2D eigenvalue weighted by Crippen LogP contribution is -2.11. The van der Waals surface area contributed by atoms with Crippen molar-refractivity contribution in [2.45, 2.75) is 26.7 Å². The Hall–Kier alpha value is -4.28. The summed E-state index contributed by atoms with van der Waals surface area (Å²) in [5.74, 6) is 2.72. The van der Waals surface area contributed by atoms with Gasteiger partial charge < -0.3 is 5.32 Å². The normalized spacial score (nSPS) is 14.1. The summed E-state index contributed by atoms with van der Waals surface area (Å²) < 4.78 is 0. The fraction of sp³-hybridized carbons (Fsp3) is 0.167. The Labute approximate surface area is 223 Å². The molecule has 0 atom stereocenters. The van der Waals surface area contributed by atoms with Crippen LogP contribution < -0.4 is 5.32 Å². The lowest BCUT2D eigenvalue weighted by molar-refractivity contribution is -0.115. The third kappa shape index (κ3) is 8.41. The second-order valence-electron chi connectivity index (χ2n) is 8.16. The number of amidine groups is 1. The molecular formula is C30H30N4O2S. The third-order valence-corrected chi connectivity index (χ3v) is 6.36. The molecule has 2 amide bonds. The zero-order valence-electron chi connectivity index (χ0n) is 20.8. The monoisotopic (exact) mass is 510 g/mol. The van der Waals surface area contributed by atoms with Gasteiger partial charge in [-0.3, -0.25) is 10.2 Å². The molecule has 0 saturated carbocycles. The van der Waals surface area contributed by atoms with Crippen molar-refractivity contribution < 1.29 is 11.0 Å². The number of Topliss-reactive ketones (excluding diaryl/α,β-unsaturated/α-hetero) is 1. The first-order valence-electron chi connectivity index (χ1n) is 11.8. The first kappa shape index (κ1) is 27.3. The van der Waals surface area contributed by atoms with Crippen LogP contribution in [0.4, 0.5) is 10.5 Å². The Balaban J connectivity index is 0.000000350. The van der Waals surface area contributed by atoms with E-state index in [1.165, 1.54) is 34.3 Å². The molecule has 0 radical (unpaired) electrons. The number of nitrogens with one attached hydrogen (secondary N) is 2. The van der Waals surface area contributed by atoms with Gasteiger partial charge >= 0.3 is 6.03 Å². The summed E-state index contributed by atoms with van der Waals surface area (Å²) in [6.07, 6.45) is 10.7. The molecule has 0 unspecified atom stereocenters. The number of carbonyl (C=O) groups is 2. The average molecular weight is 511 g/mol. The van der Waals surface area contributed by atoms with E-state index in [4.69, 9.17) is 11.8 Å². The minimum atomic E-state index is -0.505. The average Bonchev–Trinajstić information content (AvgIpc) is 3.11. The van der Waals surface area contributed by atoms with E-state index in [9.17, 15) is 9.59 Å². The van der Waals surface area contributed by atoms with Crippen molar-refractivity contribution in [3.8, 4) is 12.3 Å². The van der Waals surface area contributed by atoms with Crippen molar-refractivity contribution in [2.24, 2.45) is 9.98 Å². The number of allylic oxidation sites excluding steroid dienone is 1. The number of rotatable bonds is 3. The Bertz CT molecular complexity index is 1450. The van der Waals surface area contributed by atoms with Crippen molar-refractivity contribution in [2.75, 3.05) is 11.1 Å². The van der Waals surface area contributed by atoms with Crippen LogP contribution >= 0.6 is 11.8 Å². The van der Waals surface area contributed by atoms with Crippen LogP contribution in [-0.2, 0) is 11.2 Å². The Morgan fingerprint density at radius 2 is 1.97 bits per heavy atom. The van der Waals surface area contributed by atoms with Gasteiger partial charge in [0.2, 0.25) is 0 Å². The van der Waals surface area contributed by atoms with Crippen LogP contribution in [0.25, 0.3) is 10.8 Å². The minimum absolute atomic E-state index is 0. The number of urea groups is 1. The predicted octanol–water partition coefficient (Wildman–Crippen LogP) is 6.87. The van der Waals surface area contributed by atoms with Crippen molar-refractivity contribution in [1.82, 2.24) is 0 Å². The van der Waals surface area contributed by atoms with Crippen LogP contribution in [0.2, 0.25) is 0 Å². The standard InChI is InChI=1S/C19H18N4O2S.C11H10.H2/c1-3-10-21-18(20)14-8-9-16(13(4-2)11-14)22-19(25)23-17-7-5-6-15(24)12-26-17;1-9-6-7-10-4-2-3-5-11(10)8-9;/h1,5,7-11,20H,4,6,12H2,2H3,(H,22,25);2-8H,1H3;1H/b20-18?,21-10?,23-17-;;. The predicted molar refractivity (Wildman–Crippen MR) is 158 cm³/mol. The van der Waals surface area contributed by atoms with Crippen LogP contribution in [-0.4, -0.2) is 34.7 Å². The Morgan fingerprint density at radius 3 is 2.73 bits per heavy atom. The number of ketones is 1. The van der Waals surface area contributed by atoms with Gasteiger partial charge in [-0.15, -0.1) is 6.42 Å². The maximum absolute atomic E-state index is 12.2. The topological polar surface area (TPSA) is 94.7 Å². The van der Waals surface area contributed by atoms with Crippen LogP contribution in [0.1, 0.15) is 31.5 Å². The Kier molecular flexibility index (Phi) is 10.1. The lowest BCUT2D eigenvalue weighted by atomic mass is 10.1. The third-order valence-electron chi connectivity index (χ3n) is 5.37. The number of benzene rings is 3. The molecule has 1 aliphatic heterocycles. The summed E-state index contributed by atoms with van der Waals surface area (Å²) in [5, 5.41) is 13.8. The van der Waals surface area contributed by atoms with E-state index < -0.39 is 6.03 Å². The fourth-order valence-corrected chi connectivity index (χ4v) is 4.27. The van der Waals surface area contributed by atoms with E-state index in [2.05, 4.69) is 70.6 Å². The number of amides is 2. The molecule has 3 aromatic rings. The van der Waals surface area contributed by atoms with E-state index >= 15 is 0 Å². The van der Waals surface area contributed by atoms with E-state index in [0.717, 1.165) is 5.56 Å². The molecule has 0 bridgehead atoms. The van der Waals surface area contributed by atoms with Gasteiger partial charge in [0.1, 0.15) is 10.8 Å². The summed E-state index contributed by atoms with van der Waals surface area (Å²) in [4.78, 5) is 31.4. The molecule has 0 saturated heterocycles. The van der Waals surface area contributed by atoms with E-state index in [1.807, 2.05) is 6.92 Å². The van der Waals surface area contributed by atoms with Crippen molar-refractivity contribution >= 4 is 57.1 Å². The number of hydrogen-bond donors (Lipinski definition) is 2. The highest BCUT2D eigenvalue weighted by molar-refractivity contribution is 8.14. The molecule has 188 valence electrons. The summed E-state index contributed by atoms with van der Waals surface area (Å²) >= 11 is 1.25. The quantitative estimate of drug-likeness (QED) is 0.229. The number of thioether (sulfide) groups is 1. The second-order valence-corrected chi connectivity index (χ2v) is 9.16. The van der Waals surface area contributed by atoms with Gasteiger partial charge in [-0.05, 0) is 54.0 Å². The molecular weight excluding hydrogens is 480 g/mol. The molecule has 0 spiro atoms. The highest BCUT2D eigenvalue weighted by atomic mass is 32.2. The number of fused-ring (bicyclic) bond motifs is 1. The summed E-state index contributed by atoms with van der Waals surface area (Å²) in [5.41, 5.74) is 3.41. The zero-order chi connectivity index (χ0) is 26.6. The summed E-state index contributed by atoms with van der Waals surface area (Å²) in [6.45, 7) is 4.07.